The molecule has 0 aliphatic carbocycles. The van der Waals surface area contributed by atoms with Gasteiger partial charge in [-0.05, 0) is 42.3 Å². The van der Waals surface area contributed by atoms with E-state index in [2.05, 4.69) is 4.98 Å². The van der Waals surface area contributed by atoms with Crippen molar-refractivity contribution < 1.29 is 13.2 Å². The van der Waals surface area contributed by atoms with Crippen molar-refractivity contribution in [2.45, 2.75) is 18.2 Å². The Morgan fingerprint density at radius 2 is 2.10 bits per heavy atom. The molecule has 2 rings (SSSR count). The van der Waals surface area contributed by atoms with Gasteiger partial charge < -0.3 is 4.74 Å². The van der Waals surface area contributed by atoms with Gasteiger partial charge in [0.25, 0.3) is 9.05 Å². The first-order valence-corrected chi connectivity index (χ1v) is 8.35. The van der Waals surface area contributed by atoms with Crippen molar-refractivity contribution >= 4 is 19.7 Å². The van der Waals surface area contributed by atoms with Gasteiger partial charge in [-0.3, -0.25) is 4.98 Å². The smallest absolute Gasteiger partial charge is 0.261 e. The lowest BCUT2D eigenvalue weighted by atomic mass is 10.2. The molecule has 0 unspecified atom stereocenters. The SMILES string of the molecule is Cc1cc(S(=O)(=O)Cl)ccc1OCCc1cccnc1. The van der Waals surface area contributed by atoms with Crippen LogP contribution in [0.5, 0.6) is 5.75 Å². The number of aryl methyl sites for hydroxylation is 1. The van der Waals surface area contributed by atoms with Crippen molar-refractivity contribution in [3.05, 3.63) is 53.9 Å². The monoisotopic (exact) mass is 311 g/mol. The second-order valence-electron chi connectivity index (χ2n) is 4.32. The van der Waals surface area contributed by atoms with E-state index < -0.39 is 9.05 Å². The summed E-state index contributed by atoms with van der Waals surface area (Å²) in [7, 11) is 1.59. The van der Waals surface area contributed by atoms with Crippen LogP contribution >= 0.6 is 10.7 Å². The predicted molar refractivity (Wildman–Crippen MR) is 77.7 cm³/mol. The van der Waals surface area contributed by atoms with Gasteiger partial charge in [-0.25, -0.2) is 8.42 Å². The van der Waals surface area contributed by atoms with E-state index in [0.29, 0.717) is 12.4 Å². The molecule has 106 valence electrons. The van der Waals surface area contributed by atoms with Gasteiger partial charge in [-0.1, -0.05) is 6.07 Å². The molecule has 0 fully saturated rings. The Morgan fingerprint density at radius 1 is 1.30 bits per heavy atom. The fraction of sp³-hybridized carbons (Fsp3) is 0.214. The van der Waals surface area contributed by atoms with Crippen LogP contribution in [0.25, 0.3) is 0 Å². The average Bonchev–Trinajstić information content (AvgIpc) is 2.40. The fourth-order valence-electron chi connectivity index (χ4n) is 1.76. The van der Waals surface area contributed by atoms with Gasteiger partial charge in [0.2, 0.25) is 0 Å². The maximum Gasteiger partial charge on any atom is 0.261 e. The van der Waals surface area contributed by atoms with E-state index in [1.165, 1.54) is 12.1 Å². The number of hydrogen-bond donors (Lipinski definition) is 0. The number of benzene rings is 1. The summed E-state index contributed by atoms with van der Waals surface area (Å²) < 4.78 is 28.1. The second kappa shape index (κ2) is 6.24. The van der Waals surface area contributed by atoms with Crippen LogP contribution in [0.4, 0.5) is 0 Å². The number of aromatic nitrogens is 1. The van der Waals surface area contributed by atoms with Gasteiger partial charge in [-0.15, -0.1) is 0 Å². The number of hydrogen-bond acceptors (Lipinski definition) is 4. The minimum absolute atomic E-state index is 0.0799. The van der Waals surface area contributed by atoms with E-state index in [4.69, 9.17) is 15.4 Å². The summed E-state index contributed by atoms with van der Waals surface area (Å²) >= 11 is 0. The highest BCUT2D eigenvalue weighted by Gasteiger charge is 2.11. The summed E-state index contributed by atoms with van der Waals surface area (Å²) in [6.07, 6.45) is 4.25. The summed E-state index contributed by atoms with van der Waals surface area (Å²) in [5.41, 5.74) is 1.82. The predicted octanol–water partition coefficient (Wildman–Crippen LogP) is 2.94. The summed E-state index contributed by atoms with van der Waals surface area (Å²) in [4.78, 5) is 4.11. The van der Waals surface area contributed by atoms with Crippen LogP contribution in [0.3, 0.4) is 0 Å². The standard InChI is InChI=1S/C14H14ClNO3S/c1-11-9-13(20(15,17)18)4-5-14(11)19-8-6-12-3-2-7-16-10-12/h2-5,7,9-10H,6,8H2,1H3. The summed E-state index contributed by atoms with van der Waals surface area (Å²) in [6, 6.07) is 8.41. The third-order valence-electron chi connectivity index (χ3n) is 2.80. The minimum atomic E-state index is -3.70. The minimum Gasteiger partial charge on any atom is -0.493 e. The lowest BCUT2D eigenvalue weighted by Gasteiger charge is -2.09. The van der Waals surface area contributed by atoms with E-state index in [1.54, 1.807) is 25.4 Å². The Bertz CT molecular complexity index is 687. The quantitative estimate of drug-likeness (QED) is 0.797. The lowest BCUT2D eigenvalue weighted by molar-refractivity contribution is 0.319. The third kappa shape index (κ3) is 3.95. The molecule has 0 spiro atoms. The van der Waals surface area contributed by atoms with E-state index in [9.17, 15) is 8.42 Å². The molecule has 0 saturated heterocycles. The maximum atomic E-state index is 11.2. The van der Waals surface area contributed by atoms with Crippen molar-refractivity contribution in [3.63, 3.8) is 0 Å². The molecule has 1 aromatic carbocycles. The van der Waals surface area contributed by atoms with Crippen molar-refractivity contribution in [2.75, 3.05) is 6.61 Å². The van der Waals surface area contributed by atoms with Gasteiger partial charge in [0.1, 0.15) is 5.75 Å². The van der Waals surface area contributed by atoms with Crippen LogP contribution in [0.1, 0.15) is 11.1 Å². The number of rotatable bonds is 5. The van der Waals surface area contributed by atoms with E-state index in [1.807, 2.05) is 12.1 Å². The largest absolute Gasteiger partial charge is 0.493 e. The second-order valence-corrected chi connectivity index (χ2v) is 6.89. The summed E-state index contributed by atoms with van der Waals surface area (Å²) in [5, 5.41) is 0. The van der Waals surface area contributed by atoms with Gasteiger partial charge in [0, 0.05) is 29.5 Å². The molecule has 0 aliphatic rings. The normalized spacial score (nSPS) is 11.3. The molecule has 20 heavy (non-hydrogen) atoms. The first-order chi connectivity index (χ1) is 9.47. The molecule has 0 saturated carbocycles. The Morgan fingerprint density at radius 3 is 2.70 bits per heavy atom. The van der Waals surface area contributed by atoms with Gasteiger partial charge in [0.15, 0.2) is 0 Å². The molecule has 1 heterocycles. The molecule has 4 nitrogen and oxygen atoms in total. The Labute approximate surface area is 122 Å². The maximum absolute atomic E-state index is 11.2. The third-order valence-corrected chi connectivity index (χ3v) is 4.15. The Hall–Kier alpha value is -1.59. The van der Waals surface area contributed by atoms with Crippen LogP contribution in [0.2, 0.25) is 0 Å². The first-order valence-electron chi connectivity index (χ1n) is 6.04. The zero-order valence-electron chi connectivity index (χ0n) is 10.9. The van der Waals surface area contributed by atoms with Crippen molar-refractivity contribution in [3.8, 4) is 5.75 Å². The van der Waals surface area contributed by atoms with E-state index in [0.717, 1.165) is 17.5 Å². The number of halogens is 1. The molecule has 0 aliphatic heterocycles. The highest BCUT2D eigenvalue weighted by Crippen LogP contribution is 2.23. The molecular weight excluding hydrogens is 298 g/mol. The van der Waals surface area contributed by atoms with Crippen LogP contribution < -0.4 is 4.74 Å². The van der Waals surface area contributed by atoms with Crippen LogP contribution in [-0.4, -0.2) is 20.0 Å². The van der Waals surface area contributed by atoms with Crippen molar-refractivity contribution in [2.24, 2.45) is 0 Å². The topological polar surface area (TPSA) is 56.3 Å². The van der Waals surface area contributed by atoms with Gasteiger partial charge >= 0.3 is 0 Å². The van der Waals surface area contributed by atoms with Crippen LogP contribution in [0.15, 0.2) is 47.6 Å². The van der Waals surface area contributed by atoms with Crippen molar-refractivity contribution in [1.82, 2.24) is 4.98 Å². The van der Waals surface area contributed by atoms with Crippen LogP contribution in [-0.2, 0) is 15.5 Å². The summed E-state index contributed by atoms with van der Waals surface area (Å²) in [5.74, 6) is 0.651. The molecule has 0 amide bonds. The number of nitrogens with zero attached hydrogens (tertiary/aromatic N) is 1. The highest BCUT2D eigenvalue weighted by atomic mass is 35.7. The molecule has 0 atom stereocenters. The molecule has 1 aromatic heterocycles. The summed E-state index contributed by atoms with van der Waals surface area (Å²) in [6.45, 7) is 2.28. The van der Waals surface area contributed by atoms with E-state index >= 15 is 0 Å². The molecular formula is C14H14ClNO3S. The fourth-order valence-corrected chi connectivity index (χ4v) is 2.60. The zero-order valence-corrected chi connectivity index (χ0v) is 12.5. The highest BCUT2D eigenvalue weighted by molar-refractivity contribution is 8.13. The van der Waals surface area contributed by atoms with E-state index in [-0.39, 0.29) is 4.90 Å². The molecule has 6 heteroatoms. The van der Waals surface area contributed by atoms with Gasteiger partial charge in [-0.2, -0.15) is 0 Å². The Balaban J connectivity index is 2.00. The number of pyridine rings is 1. The first kappa shape index (κ1) is 14.8. The lowest BCUT2D eigenvalue weighted by Crippen LogP contribution is -2.03. The zero-order chi connectivity index (χ0) is 14.6. The molecule has 0 radical (unpaired) electrons. The van der Waals surface area contributed by atoms with Gasteiger partial charge in [0.05, 0.1) is 11.5 Å². The Kier molecular flexibility index (Phi) is 4.62. The average molecular weight is 312 g/mol. The van der Waals surface area contributed by atoms with Crippen molar-refractivity contribution in [1.29, 1.82) is 0 Å². The molecule has 0 bridgehead atoms. The molecule has 0 N–H and O–H groups in total. The molecule has 2 aromatic rings. The number of ether oxygens (including phenoxy) is 1. The van der Waals surface area contributed by atoms with Crippen LogP contribution in [0, 0.1) is 6.92 Å².